The summed E-state index contributed by atoms with van der Waals surface area (Å²) in [5.41, 5.74) is 0. The van der Waals surface area contributed by atoms with E-state index in [9.17, 15) is 9.59 Å². The summed E-state index contributed by atoms with van der Waals surface area (Å²) >= 11 is 11.5. The zero-order valence-electron chi connectivity index (χ0n) is 13.7. The molecule has 0 amide bonds. The maximum atomic E-state index is 12.6. The molecule has 0 spiro atoms. The largest absolute Gasteiger partial charge is 0.287 e. The molecular formula is C17H24O2S5. The Morgan fingerprint density at radius 1 is 0.750 bits per heavy atom. The number of hydrogen-bond donors (Lipinski definition) is 0. The summed E-state index contributed by atoms with van der Waals surface area (Å²) in [5.74, 6) is 0.450. The molecule has 0 N–H and O–H groups in total. The lowest BCUT2D eigenvalue weighted by Crippen LogP contribution is -2.22. The quantitative estimate of drug-likeness (QED) is 0.509. The van der Waals surface area contributed by atoms with Gasteiger partial charge in [0.05, 0.1) is 9.16 Å². The van der Waals surface area contributed by atoms with Gasteiger partial charge in [-0.1, -0.05) is 97.8 Å². The average Bonchev–Trinajstić information content (AvgIpc) is 2.95. The molecule has 24 heavy (non-hydrogen) atoms. The van der Waals surface area contributed by atoms with E-state index in [1.807, 2.05) is 0 Å². The van der Waals surface area contributed by atoms with Gasteiger partial charge in [0.2, 0.25) is 0 Å². The van der Waals surface area contributed by atoms with Gasteiger partial charge in [-0.25, -0.2) is 0 Å². The molecule has 2 saturated carbocycles. The van der Waals surface area contributed by atoms with Crippen LogP contribution in [0.2, 0.25) is 0 Å². The van der Waals surface area contributed by atoms with E-state index in [-0.39, 0.29) is 21.0 Å². The summed E-state index contributed by atoms with van der Waals surface area (Å²) in [6.07, 6.45) is 11.4. The maximum Gasteiger partial charge on any atom is 0.193 e. The van der Waals surface area contributed by atoms with Crippen molar-refractivity contribution in [3.8, 4) is 0 Å². The van der Waals surface area contributed by atoms with E-state index < -0.39 is 0 Å². The summed E-state index contributed by atoms with van der Waals surface area (Å²) in [7, 11) is 0. The van der Waals surface area contributed by atoms with Gasteiger partial charge in [-0.2, -0.15) is 0 Å². The van der Waals surface area contributed by atoms with Crippen LogP contribution >= 0.6 is 59.3 Å². The van der Waals surface area contributed by atoms with Crippen molar-refractivity contribution in [1.82, 2.24) is 0 Å². The SMILES string of the molecule is O=C(SC1SC(=S)SC1SC(=O)C1CCCCC1)C1CCCCC1. The molecule has 1 saturated heterocycles. The number of thioether (sulfide) groups is 4. The van der Waals surface area contributed by atoms with E-state index >= 15 is 0 Å². The lowest BCUT2D eigenvalue weighted by atomic mass is 9.90. The Bertz CT molecular complexity index is 441. The monoisotopic (exact) mass is 420 g/mol. The first-order valence-corrected chi connectivity index (χ1v) is 12.8. The molecule has 0 radical (unpaired) electrons. The fourth-order valence-corrected chi connectivity index (χ4v) is 10.8. The van der Waals surface area contributed by atoms with E-state index in [1.54, 1.807) is 23.5 Å². The molecular weight excluding hydrogens is 397 g/mol. The van der Waals surface area contributed by atoms with Crippen LogP contribution in [0.5, 0.6) is 0 Å². The molecule has 0 aromatic carbocycles. The van der Waals surface area contributed by atoms with E-state index in [0.29, 0.717) is 10.2 Å². The molecule has 3 fully saturated rings. The van der Waals surface area contributed by atoms with Gasteiger partial charge in [0.25, 0.3) is 0 Å². The Morgan fingerprint density at radius 2 is 1.12 bits per heavy atom. The molecule has 134 valence electrons. The van der Waals surface area contributed by atoms with E-state index in [2.05, 4.69) is 0 Å². The molecule has 0 bridgehead atoms. The molecule has 3 rings (SSSR count). The highest BCUT2D eigenvalue weighted by Crippen LogP contribution is 2.51. The normalized spacial score (nSPS) is 29.8. The van der Waals surface area contributed by atoms with Gasteiger partial charge in [0.1, 0.15) is 3.53 Å². The third-order valence-electron chi connectivity index (χ3n) is 4.99. The molecule has 0 aromatic heterocycles. The van der Waals surface area contributed by atoms with Gasteiger partial charge in [-0.15, -0.1) is 0 Å². The molecule has 1 heterocycles. The highest BCUT2D eigenvalue weighted by atomic mass is 32.3. The summed E-state index contributed by atoms with van der Waals surface area (Å²) < 4.78 is 1.10. The Morgan fingerprint density at radius 3 is 1.50 bits per heavy atom. The molecule has 2 unspecified atom stereocenters. The lowest BCUT2D eigenvalue weighted by molar-refractivity contribution is -0.116. The van der Waals surface area contributed by atoms with Crippen molar-refractivity contribution in [3.63, 3.8) is 0 Å². The van der Waals surface area contributed by atoms with Gasteiger partial charge in [0, 0.05) is 11.8 Å². The number of carbonyl (C=O) groups excluding carboxylic acids is 2. The summed E-state index contributed by atoms with van der Waals surface area (Å²) in [6, 6.07) is 0. The van der Waals surface area contributed by atoms with Crippen LogP contribution in [-0.2, 0) is 9.59 Å². The van der Waals surface area contributed by atoms with E-state index in [1.165, 1.54) is 62.0 Å². The van der Waals surface area contributed by atoms with Crippen molar-refractivity contribution in [1.29, 1.82) is 0 Å². The zero-order valence-corrected chi connectivity index (χ0v) is 17.8. The van der Waals surface area contributed by atoms with Crippen LogP contribution in [0.15, 0.2) is 0 Å². The topological polar surface area (TPSA) is 34.1 Å². The second-order valence-corrected chi connectivity index (χ2v) is 13.1. The third-order valence-corrected chi connectivity index (χ3v) is 11.5. The Labute approximate surface area is 167 Å². The smallest absolute Gasteiger partial charge is 0.193 e. The minimum absolute atomic E-state index is 0.106. The summed E-state index contributed by atoms with van der Waals surface area (Å²) in [4.78, 5) is 25.2. The molecule has 1 aliphatic heterocycles. The third kappa shape index (κ3) is 5.41. The predicted molar refractivity (Wildman–Crippen MR) is 114 cm³/mol. The fraction of sp³-hybridized carbons (Fsp3) is 0.824. The fourth-order valence-electron chi connectivity index (χ4n) is 3.59. The van der Waals surface area contributed by atoms with Crippen molar-refractivity contribution in [2.24, 2.45) is 11.8 Å². The maximum absolute atomic E-state index is 12.6. The lowest BCUT2D eigenvalue weighted by Gasteiger charge is -2.24. The highest BCUT2D eigenvalue weighted by Gasteiger charge is 2.39. The van der Waals surface area contributed by atoms with Crippen LogP contribution in [0.25, 0.3) is 0 Å². The summed E-state index contributed by atoms with van der Waals surface area (Å²) in [6.45, 7) is 0. The van der Waals surface area contributed by atoms with Crippen molar-refractivity contribution >= 4 is 73.0 Å². The number of rotatable bonds is 4. The molecule has 2 atom stereocenters. The van der Waals surface area contributed by atoms with Crippen LogP contribution in [0.3, 0.4) is 0 Å². The van der Waals surface area contributed by atoms with Crippen LogP contribution in [0, 0.1) is 11.8 Å². The molecule has 7 heteroatoms. The second-order valence-electron chi connectivity index (χ2n) is 6.77. The highest BCUT2D eigenvalue weighted by molar-refractivity contribution is 8.56. The first-order valence-electron chi connectivity index (χ1n) is 8.92. The number of carbonyl (C=O) groups is 2. The Hall–Kier alpha value is 0.830. The minimum atomic E-state index is 0.106. The minimum Gasteiger partial charge on any atom is -0.287 e. The number of thiocarbonyl (C=S) groups is 1. The first kappa shape index (κ1) is 19.6. The first-order chi connectivity index (χ1) is 11.6. The van der Waals surface area contributed by atoms with E-state index in [0.717, 1.165) is 29.2 Å². The van der Waals surface area contributed by atoms with Gasteiger partial charge < -0.3 is 0 Å². The van der Waals surface area contributed by atoms with Crippen LogP contribution in [-0.4, -0.2) is 22.9 Å². The van der Waals surface area contributed by atoms with Crippen molar-refractivity contribution in [3.05, 3.63) is 0 Å². The average molecular weight is 421 g/mol. The zero-order chi connectivity index (χ0) is 16.9. The Balaban J connectivity index is 1.54. The second kappa shape index (κ2) is 9.67. The van der Waals surface area contributed by atoms with Crippen LogP contribution < -0.4 is 0 Å². The van der Waals surface area contributed by atoms with Gasteiger partial charge in [-0.05, 0) is 25.7 Å². The number of hydrogen-bond acceptors (Lipinski definition) is 7. The van der Waals surface area contributed by atoms with Crippen molar-refractivity contribution in [2.75, 3.05) is 0 Å². The standard InChI is InChI=1S/C17H24O2S5/c18-13(11-7-3-1-4-8-11)21-15-16(24-17(20)23-15)22-14(19)12-9-5-2-6-10-12/h11-12,15-16H,1-10H2. The van der Waals surface area contributed by atoms with Crippen molar-refractivity contribution < 1.29 is 9.59 Å². The van der Waals surface area contributed by atoms with Gasteiger partial charge >= 0.3 is 0 Å². The molecule has 0 aromatic rings. The predicted octanol–water partition coefficient (Wildman–Crippen LogP) is 6.08. The van der Waals surface area contributed by atoms with E-state index in [4.69, 9.17) is 12.2 Å². The van der Waals surface area contributed by atoms with Crippen LogP contribution in [0.1, 0.15) is 64.2 Å². The Kier molecular flexibility index (Phi) is 7.90. The van der Waals surface area contributed by atoms with Gasteiger partial charge in [0.15, 0.2) is 10.2 Å². The van der Waals surface area contributed by atoms with Crippen molar-refractivity contribution in [2.45, 2.75) is 73.4 Å². The molecule has 2 aliphatic carbocycles. The van der Waals surface area contributed by atoms with Crippen LogP contribution in [0.4, 0.5) is 0 Å². The molecule has 3 aliphatic rings. The molecule has 2 nitrogen and oxygen atoms in total. The van der Waals surface area contributed by atoms with Gasteiger partial charge in [-0.3, -0.25) is 9.59 Å². The summed E-state index contributed by atoms with van der Waals surface area (Å²) in [5, 5.41) is 0.654.